The van der Waals surface area contributed by atoms with Crippen LogP contribution in [-0.2, 0) is 6.54 Å². The van der Waals surface area contributed by atoms with Gasteiger partial charge in [0, 0.05) is 47.7 Å². The van der Waals surface area contributed by atoms with Crippen molar-refractivity contribution in [2.24, 2.45) is 11.7 Å². The molecule has 6 heteroatoms. The summed E-state index contributed by atoms with van der Waals surface area (Å²) in [5.74, 6) is 0.956. The average molecular weight is 425 g/mol. The molecule has 1 saturated heterocycles. The van der Waals surface area contributed by atoms with Crippen LogP contribution in [0.2, 0.25) is 5.02 Å². The molecule has 3 aromatic rings. The van der Waals surface area contributed by atoms with E-state index in [9.17, 15) is 0 Å². The Morgan fingerprint density at radius 3 is 2.52 bits per heavy atom. The molecule has 2 heterocycles. The first kappa shape index (κ1) is 21.9. The fourth-order valence-electron chi connectivity index (χ4n) is 3.96. The molecule has 0 amide bonds. The number of likely N-dealkylation sites (tertiary alicyclic amines) is 1. The number of nitrogens with zero attached hydrogens (tertiary/aromatic N) is 2. The normalized spacial score (nSPS) is 19.5. The molecule has 1 aliphatic heterocycles. The van der Waals surface area contributed by atoms with Crippen molar-refractivity contribution in [3.63, 3.8) is 0 Å². The first-order valence-electron chi connectivity index (χ1n) is 8.75. The van der Waals surface area contributed by atoms with Gasteiger partial charge in [-0.3, -0.25) is 9.88 Å². The average Bonchev–Trinajstić information content (AvgIpc) is 3.08. The van der Waals surface area contributed by atoms with Crippen LogP contribution >= 0.6 is 36.4 Å². The number of benzene rings is 2. The molecule has 0 unspecified atom stereocenters. The van der Waals surface area contributed by atoms with Gasteiger partial charge in [-0.1, -0.05) is 54.1 Å². The molecular weight excluding hydrogens is 401 g/mol. The Hall–Kier alpha value is -1.36. The third-order valence-corrected chi connectivity index (χ3v) is 5.61. The predicted molar refractivity (Wildman–Crippen MR) is 118 cm³/mol. The SMILES string of the molecule is Cl.Cl.NC[C@@H]1CN(Cc2c(Cl)ccc3cccnc23)C[C@H]1c1ccccc1. The molecule has 144 valence electrons. The second-order valence-electron chi connectivity index (χ2n) is 6.81. The molecule has 3 nitrogen and oxygen atoms in total. The van der Waals surface area contributed by atoms with Crippen LogP contribution in [-0.4, -0.2) is 29.5 Å². The van der Waals surface area contributed by atoms with Crippen molar-refractivity contribution in [2.75, 3.05) is 19.6 Å². The van der Waals surface area contributed by atoms with E-state index in [4.69, 9.17) is 17.3 Å². The highest BCUT2D eigenvalue weighted by Crippen LogP contribution is 2.34. The summed E-state index contributed by atoms with van der Waals surface area (Å²) >= 11 is 6.51. The number of hydrogen-bond acceptors (Lipinski definition) is 3. The first-order valence-corrected chi connectivity index (χ1v) is 9.13. The van der Waals surface area contributed by atoms with Crippen LogP contribution in [0.1, 0.15) is 17.0 Å². The summed E-state index contributed by atoms with van der Waals surface area (Å²) in [5.41, 5.74) is 9.57. The fraction of sp³-hybridized carbons (Fsp3) is 0.286. The fourth-order valence-corrected chi connectivity index (χ4v) is 4.17. The Bertz CT molecular complexity index is 873. The van der Waals surface area contributed by atoms with Gasteiger partial charge in [-0.05, 0) is 30.2 Å². The van der Waals surface area contributed by atoms with Gasteiger partial charge in [0.25, 0.3) is 0 Å². The topological polar surface area (TPSA) is 42.1 Å². The molecule has 1 aromatic heterocycles. The van der Waals surface area contributed by atoms with E-state index >= 15 is 0 Å². The molecule has 2 N–H and O–H groups in total. The van der Waals surface area contributed by atoms with Crippen LogP contribution in [0.25, 0.3) is 10.9 Å². The summed E-state index contributed by atoms with van der Waals surface area (Å²) < 4.78 is 0. The van der Waals surface area contributed by atoms with E-state index in [2.05, 4.69) is 46.3 Å². The van der Waals surface area contributed by atoms with Gasteiger partial charge in [-0.25, -0.2) is 0 Å². The van der Waals surface area contributed by atoms with Gasteiger partial charge in [-0.2, -0.15) is 0 Å². The Morgan fingerprint density at radius 1 is 1.00 bits per heavy atom. The van der Waals surface area contributed by atoms with E-state index in [1.165, 1.54) is 5.56 Å². The van der Waals surface area contributed by atoms with Crippen molar-refractivity contribution in [3.05, 3.63) is 76.9 Å². The number of nitrogens with two attached hydrogens (primary N) is 1. The number of pyridine rings is 1. The Kier molecular flexibility index (Phi) is 7.90. The summed E-state index contributed by atoms with van der Waals surface area (Å²) in [6.07, 6.45) is 1.83. The van der Waals surface area contributed by atoms with Crippen LogP contribution in [0.5, 0.6) is 0 Å². The van der Waals surface area contributed by atoms with Gasteiger partial charge < -0.3 is 5.73 Å². The van der Waals surface area contributed by atoms with Crippen molar-refractivity contribution < 1.29 is 0 Å². The highest BCUT2D eigenvalue weighted by atomic mass is 35.5. The summed E-state index contributed by atoms with van der Waals surface area (Å²) in [4.78, 5) is 7.03. The Morgan fingerprint density at radius 2 is 1.78 bits per heavy atom. The molecule has 1 fully saturated rings. The van der Waals surface area contributed by atoms with Crippen molar-refractivity contribution in [3.8, 4) is 0 Å². The van der Waals surface area contributed by atoms with Gasteiger partial charge in [-0.15, -0.1) is 24.8 Å². The van der Waals surface area contributed by atoms with E-state index in [1.54, 1.807) is 0 Å². The number of rotatable bonds is 4. The number of halogens is 3. The maximum atomic E-state index is 6.51. The number of hydrogen-bond donors (Lipinski definition) is 1. The van der Waals surface area contributed by atoms with Crippen LogP contribution < -0.4 is 5.73 Å². The molecule has 0 saturated carbocycles. The third-order valence-electron chi connectivity index (χ3n) is 5.25. The first-order chi connectivity index (χ1) is 12.3. The highest BCUT2D eigenvalue weighted by molar-refractivity contribution is 6.32. The molecule has 2 aromatic carbocycles. The maximum absolute atomic E-state index is 6.51. The zero-order valence-corrected chi connectivity index (χ0v) is 17.3. The largest absolute Gasteiger partial charge is 0.330 e. The van der Waals surface area contributed by atoms with Crippen molar-refractivity contribution in [2.45, 2.75) is 12.5 Å². The summed E-state index contributed by atoms with van der Waals surface area (Å²) in [5, 5.41) is 1.93. The standard InChI is InChI=1S/C21H22ClN3.2ClH/c22-20-9-8-16-7-4-10-24-21(16)19(20)14-25-12-17(11-23)18(13-25)15-5-2-1-3-6-15;;/h1-10,17-18H,11-14,23H2;2*1H/t17-,18+;;/m1../s1. The molecule has 4 rings (SSSR count). The summed E-state index contributed by atoms with van der Waals surface area (Å²) in [6.45, 7) is 3.52. The smallest absolute Gasteiger partial charge is 0.0761 e. The molecule has 2 atom stereocenters. The quantitative estimate of drug-likeness (QED) is 0.647. The second-order valence-corrected chi connectivity index (χ2v) is 7.22. The molecule has 1 aliphatic rings. The lowest BCUT2D eigenvalue weighted by Crippen LogP contribution is -2.23. The monoisotopic (exact) mass is 423 g/mol. The van der Waals surface area contributed by atoms with Gasteiger partial charge in [0.1, 0.15) is 0 Å². The predicted octanol–water partition coefficient (Wildman–Crippen LogP) is 4.91. The Balaban J connectivity index is 0.00000131. The lowest BCUT2D eigenvalue weighted by Gasteiger charge is -2.18. The lowest BCUT2D eigenvalue weighted by molar-refractivity contribution is 0.318. The van der Waals surface area contributed by atoms with E-state index in [1.807, 2.05) is 24.4 Å². The van der Waals surface area contributed by atoms with E-state index in [0.717, 1.165) is 41.1 Å². The van der Waals surface area contributed by atoms with E-state index in [0.29, 0.717) is 18.4 Å². The zero-order chi connectivity index (χ0) is 17.2. The number of fused-ring (bicyclic) bond motifs is 1. The van der Waals surface area contributed by atoms with E-state index < -0.39 is 0 Å². The molecular formula is C21H24Cl3N3. The van der Waals surface area contributed by atoms with Crippen molar-refractivity contribution in [1.82, 2.24) is 9.88 Å². The molecule has 0 spiro atoms. The number of aromatic nitrogens is 1. The van der Waals surface area contributed by atoms with Gasteiger partial charge >= 0.3 is 0 Å². The van der Waals surface area contributed by atoms with E-state index in [-0.39, 0.29) is 24.8 Å². The molecule has 0 bridgehead atoms. The third kappa shape index (κ3) is 4.56. The van der Waals surface area contributed by atoms with Gasteiger partial charge in [0.05, 0.1) is 5.52 Å². The maximum Gasteiger partial charge on any atom is 0.0761 e. The van der Waals surface area contributed by atoms with Crippen LogP contribution in [0.3, 0.4) is 0 Å². The van der Waals surface area contributed by atoms with Gasteiger partial charge in [0.2, 0.25) is 0 Å². The zero-order valence-electron chi connectivity index (χ0n) is 14.9. The summed E-state index contributed by atoms with van der Waals surface area (Å²) in [7, 11) is 0. The van der Waals surface area contributed by atoms with Gasteiger partial charge in [0.15, 0.2) is 0 Å². The summed E-state index contributed by atoms with van der Waals surface area (Å²) in [6, 6.07) is 18.8. The Labute approximate surface area is 177 Å². The van der Waals surface area contributed by atoms with Crippen molar-refractivity contribution >= 4 is 47.3 Å². The van der Waals surface area contributed by atoms with Crippen LogP contribution in [0, 0.1) is 5.92 Å². The molecule has 0 aliphatic carbocycles. The lowest BCUT2D eigenvalue weighted by atomic mass is 9.89. The second kappa shape index (κ2) is 9.72. The van der Waals surface area contributed by atoms with Crippen LogP contribution in [0.4, 0.5) is 0 Å². The minimum absolute atomic E-state index is 0. The minimum Gasteiger partial charge on any atom is -0.330 e. The minimum atomic E-state index is 0. The van der Waals surface area contributed by atoms with Crippen molar-refractivity contribution in [1.29, 1.82) is 0 Å². The molecule has 0 radical (unpaired) electrons. The highest BCUT2D eigenvalue weighted by Gasteiger charge is 2.33. The molecule has 27 heavy (non-hydrogen) atoms. The van der Waals surface area contributed by atoms with Crippen LogP contribution in [0.15, 0.2) is 60.8 Å².